The Kier molecular flexibility index (Phi) is 7.52. The molecule has 0 radical (unpaired) electrons. The second-order valence-corrected chi connectivity index (χ2v) is 10.8. The summed E-state index contributed by atoms with van der Waals surface area (Å²) in [6.45, 7) is 5.41. The smallest absolute Gasteiger partial charge is 0.230 e. The van der Waals surface area contributed by atoms with Gasteiger partial charge in [-0.25, -0.2) is 0 Å². The molecular weight excluding hydrogens is 412 g/mol. The topological polar surface area (TPSA) is 59.8 Å². The Labute approximate surface area is 188 Å². The van der Waals surface area contributed by atoms with Gasteiger partial charge in [0.25, 0.3) is 0 Å². The highest BCUT2D eigenvalue weighted by molar-refractivity contribution is 7.99. The van der Waals surface area contributed by atoms with Crippen molar-refractivity contribution in [2.75, 3.05) is 5.75 Å². The lowest BCUT2D eigenvalue weighted by atomic mass is 9.88. The molecule has 2 aromatic heterocycles. The van der Waals surface area contributed by atoms with Gasteiger partial charge in [-0.15, -0.1) is 21.5 Å². The van der Waals surface area contributed by atoms with Crippen molar-refractivity contribution in [1.29, 1.82) is 0 Å². The molecule has 4 rings (SSSR count). The number of nitrogens with one attached hydrogen (secondary N) is 1. The molecule has 7 heteroatoms. The Morgan fingerprint density at radius 2 is 2.03 bits per heavy atom. The first kappa shape index (κ1) is 21.9. The van der Waals surface area contributed by atoms with Crippen molar-refractivity contribution in [2.45, 2.75) is 95.8 Å². The molecule has 5 nitrogen and oxygen atoms in total. The van der Waals surface area contributed by atoms with Crippen LogP contribution in [0.4, 0.5) is 0 Å². The normalized spacial score (nSPS) is 20.0. The van der Waals surface area contributed by atoms with Crippen molar-refractivity contribution in [3.63, 3.8) is 0 Å². The lowest BCUT2D eigenvalue weighted by Crippen LogP contribution is -2.35. The van der Waals surface area contributed by atoms with E-state index in [1.807, 2.05) is 11.3 Å². The standard InChI is InChI=1S/C23H34N4OS2/c1-3-12-27-22(19-14-29-20-13-16(2)10-11-18(19)20)25-26-23(27)30-15-21(28)24-17-8-6-4-5-7-9-17/h14,16-17H,3-13,15H2,1-2H3,(H,24,28). The molecule has 1 saturated carbocycles. The Morgan fingerprint density at radius 3 is 2.80 bits per heavy atom. The molecule has 1 amide bonds. The molecule has 164 valence electrons. The fraction of sp³-hybridized carbons (Fsp3) is 0.696. The van der Waals surface area contributed by atoms with E-state index in [0.29, 0.717) is 11.8 Å². The average molecular weight is 447 g/mol. The first-order valence-electron chi connectivity index (χ1n) is 11.6. The number of thioether (sulfide) groups is 1. The van der Waals surface area contributed by atoms with Gasteiger partial charge in [-0.2, -0.15) is 0 Å². The molecule has 0 aliphatic heterocycles. The molecule has 2 aliphatic rings. The van der Waals surface area contributed by atoms with Gasteiger partial charge >= 0.3 is 0 Å². The summed E-state index contributed by atoms with van der Waals surface area (Å²) >= 11 is 3.40. The van der Waals surface area contributed by atoms with Crippen LogP contribution in [0.15, 0.2) is 10.5 Å². The molecule has 0 saturated heterocycles. The van der Waals surface area contributed by atoms with Crippen molar-refractivity contribution >= 4 is 29.0 Å². The summed E-state index contributed by atoms with van der Waals surface area (Å²) in [5.74, 6) is 2.30. The minimum absolute atomic E-state index is 0.126. The van der Waals surface area contributed by atoms with Crippen LogP contribution in [0.2, 0.25) is 0 Å². The Bertz CT molecular complexity index is 852. The van der Waals surface area contributed by atoms with Gasteiger partial charge in [-0.05, 0) is 50.0 Å². The summed E-state index contributed by atoms with van der Waals surface area (Å²) < 4.78 is 2.23. The van der Waals surface area contributed by atoms with Crippen LogP contribution in [0.25, 0.3) is 11.4 Å². The van der Waals surface area contributed by atoms with Gasteiger partial charge in [0.1, 0.15) is 0 Å². The Morgan fingerprint density at radius 1 is 1.23 bits per heavy atom. The highest BCUT2D eigenvalue weighted by Gasteiger charge is 2.24. The molecule has 1 fully saturated rings. The number of amides is 1. The zero-order valence-corrected chi connectivity index (χ0v) is 19.9. The van der Waals surface area contributed by atoms with Crippen LogP contribution in [0.3, 0.4) is 0 Å². The number of carbonyl (C=O) groups is 1. The van der Waals surface area contributed by atoms with Crippen molar-refractivity contribution < 1.29 is 4.79 Å². The molecule has 2 heterocycles. The van der Waals surface area contributed by atoms with Crippen molar-refractivity contribution in [3.05, 3.63) is 15.8 Å². The van der Waals surface area contributed by atoms with Crippen LogP contribution in [0, 0.1) is 5.92 Å². The first-order chi connectivity index (χ1) is 14.7. The Balaban J connectivity index is 1.44. The van der Waals surface area contributed by atoms with Crippen LogP contribution < -0.4 is 5.32 Å². The van der Waals surface area contributed by atoms with Crippen LogP contribution in [-0.2, 0) is 24.2 Å². The molecule has 2 aromatic rings. The van der Waals surface area contributed by atoms with Gasteiger partial charge in [-0.1, -0.05) is 51.3 Å². The average Bonchev–Trinajstić information content (AvgIpc) is 3.22. The quantitative estimate of drug-likeness (QED) is 0.452. The van der Waals surface area contributed by atoms with Gasteiger partial charge < -0.3 is 9.88 Å². The molecule has 1 unspecified atom stereocenters. The Hall–Kier alpha value is -1.34. The largest absolute Gasteiger partial charge is 0.353 e. The summed E-state index contributed by atoms with van der Waals surface area (Å²) in [5, 5.41) is 15.4. The maximum atomic E-state index is 12.5. The van der Waals surface area contributed by atoms with Crippen LogP contribution >= 0.6 is 23.1 Å². The predicted octanol–water partition coefficient (Wildman–Crippen LogP) is 5.47. The minimum Gasteiger partial charge on any atom is -0.353 e. The van der Waals surface area contributed by atoms with E-state index >= 15 is 0 Å². The SMILES string of the molecule is CCCn1c(SCC(=O)NC2CCCCCC2)nnc1-c1csc2c1CCC(C)C2. The predicted molar refractivity (Wildman–Crippen MR) is 125 cm³/mol. The first-order valence-corrected chi connectivity index (χ1v) is 13.5. The molecule has 0 spiro atoms. The third-order valence-electron chi connectivity index (χ3n) is 6.36. The lowest BCUT2D eigenvalue weighted by molar-refractivity contribution is -0.119. The van der Waals surface area contributed by atoms with Gasteiger partial charge in [0.2, 0.25) is 5.91 Å². The van der Waals surface area contributed by atoms with Crippen LogP contribution in [0.5, 0.6) is 0 Å². The number of nitrogens with zero attached hydrogens (tertiary/aromatic N) is 3. The summed E-state index contributed by atoms with van der Waals surface area (Å²) in [6.07, 6.45) is 11.9. The third-order valence-corrected chi connectivity index (χ3v) is 8.38. The summed E-state index contributed by atoms with van der Waals surface area (Å²) in [6, 6.07) is 0.351. The molecular formula is C23H34N4OS2. The minimum atomic E-state index is 0.126. The molecule has 0 bridgehead atoms. The zero-order valence-electron chi connectivity index (χ0n) is 18.3. The summed E-state index contributed by atoms with van der Waals surface area (Å²) in [7, 11) is 0. The van der Waals surface area contributed by atoms with E-state index in [1.54, 1.807) is 0 Å². The summed E-state index contributed by atoms with van der Waals surface area (Å²) in [4.78, 5) is 14.1. The van der Waals surface area contributed by atoms with Gasteiger partial charge in [0, 0.05) is 28.4 Å². The highest BCUT2D eigenvalue weighted by Crippen LogP contribution is 2.38. The highest BCUT2D eigenvalue weighted by atomic mass is 32.2. The fourth-order valence-electron chi connectivity index (χ4n) is 4.71. The second kappa shape index (κ2) is 10.3. The van der Waals surface area contributed by atoms with Crippen molar-refractivity contribution in [1.82, 2.24) is 20.1 Å². The number of carbonyl (C=O) groups excluding carboxylic acids is 1. The zero-order chi connectivity index (χ0) is 20.9. The number of hydrogen-bond donors (Lipinski definition) is 1. The molecule has 1 N–H and O–H groups in total. The van der Waals surface area contributed by atoms with Gasteiger partial charge in [0.05, 0.1) is 5.75 Å². The van der Waals surface area contributed by atoms with E-state index < -0.39 is 0 Å². The molecule has 1 atom stereocenters. The van der Waals surface area contributed by atoms with E-state index in [1.165, 1.54) is 66.3 Å². The second-order valence-electron chi connectivity index (χ2n) is 8.90. The molecule has 2 aliphatic carbocycles. The third kappa shape index (κ3) is 5.10. The molecule has 30 heavy (non-hydrogen) atoms. The number of aromatic nitrogens is 3. The maximum absolute atomic E-state index is 12.5. The van der Waals surface area contributed by atoms with Gasteiger partial charge in [0.15, 0.2) is 11.0 Å². The maximum Gasteiger partial charge on any atom is 0.230 e. The van der Waals surface area contributed by atoms with E-state index in [4.69, 9.17) is 0 Å². The molecule has 0 aromatic carbocycles. The fourth-order valence-corrected chi connectivity index (χ4v) is 6.73. The van der Waals surface area contributed by atoms with E-state index in [0.717, 1.165) is 49.1 Å². The van der Waals surface area contributed by atoms with Crippen molar-refractivity contribution in [3.8, 4) is 11.4 Å². The number of fused-ring (bicyclic) bond motifs is 1. The van der Waals surface area contributed by atoms with Gasteiger partial charge in [-0.3, -0.25) is 4.79 Å². The van der Waals surface area contributed by atoms with Crippen molar-refractivity contribution in [2.24, 2.45) is 5.92 Å². The van der Waals surface area contributed by atoms with Crippen LogP contribution in [0.1, 0.15) is 75.7 Å². The lowest BCUT2D eigenvalue weighted by Gasteiger charge is -2.19. The van der Waals surface area contributed by atoms with E-state index in [-0.39, 0.29) is 5.91 Å². The van der Waals surface area contributed by atoms with E-state index in [2.05, 4.69) is 39.3 Å². The number of rotatable bonds is 7. The summed E-state index contributed by atoms with van der Waals surface area (Å²) in [5.41, 5.74) is 2.74. The number of thiophene rings is 1. The number of hydrogen-bond acceptors (Lipinski definition) is 5. The monoisotopic (exact) mass is 446 g/mol. The van der Waals surface area contributed by atoms with Crippen LogP contribution in [-0.4, -0.2) is 32.5 Å². The van der Waals surface area contributed by atoms with E-state index in [9.17, 15) is 4.79 Å².